The Kier molecular flexibility index (Phi) is 4.76. The molecule has 2 aliphatic heterocycles. The van der Waals surface area contributed by atoms with Crippen molar-refractivity contribution in [2.45, 2.75) is 43.9 Å². The molecule has 0 spiro atoms. The van der Waals surface area contributed by atoms with Crippen molar-refractivity contribution in [1.29, 1.82) is 0 Å². The summed E-state index contributed by atoms with van der Waals surface area (Å²) in [4.78, 5) is 28.2. The van der Waals surface area contributed by atoms with E-state index in [0.717, 1.165) is 31.4 Å². The quantitative estimate of drug-likeness (QED) is 0.916. The van der Waals surface area contributed by atoms with Crippen molar-refractivity contribution < 1.29 is 19.4 Å². The molecule has 0 radical (unpaired) electrons. The molecule has 0 aromatic heterocycles. The average molecular weight is 332 g/mol. The van der Waals surface area contributed by atoms with E-state index in [-0.39, 0.29) is 12.6 Å². The molecule has 2 heterocycles. The highest BCUT2D eigenvalue weighted by Gasteiger charge is 2.57. The summed E-state index contributed by atoms with van der Waals surface area (Å²) in [5.41, 5.74) is -0.303. The summed E-state index contributed by atoms with van der Waals surface area (Å²) in [5, 5.41) is 9.93. The van der Waals surface area contributed by atoms with E-state index in [2.05, 4.69) is 4.90 Å². The van der Waals surface area contributed by atoms with Crippen molar-refractivity contribution in [2.24, 2.45) is 0 Å². The standard InChI is InChI=1S/C18H24N2O4/c1-19(17(23)24-13-14-7-3-2-4-8-14)18(16(21)22)10-12-20-11-6-5-9-15(18)20/h2-4,7-8,15H,5-6,9-13H2,1H3,(H,21,22). The van der Waals surface area contributed by atoms with Gasteiger partial charge in [0.05, 0.1) is 0 Å². The van der Waals surface area contributed by atoms with Crippen LogP contribution in [-0.2, 0) is 16.1 Å². The second-order valence-electron chi connectivity index (χ2n) is 6.63. The number of piperidine rings is 1. The number of carbonyl (C=O) groups is 2. The maximum atomic E-state index is 12.5. The molecule has 0 aliphatic carbocycles. The number of amides is 1. The fourth-order valence-electron chi connectivity index (χ4n) is 4.04. The molecule has 1 aromatic rings. The molecular formula is C18H24N2O4. The number of hydrogen-bond acceptors (Lipinski definition) is 4. The third-order valence-corrected chi connectivity index (χ3v) is 5.39. The summed E-state index contributed by atoms with van der Waals surface area (Å²) in [7, 11) is 1.56. The number of likely N-dealkylation sites (N-methyl/N-ethyl adjacent to an activating group) is 1. The van der Waals surface area contributed by atoms with Gasteiger partial charge in [0.2, 0.25) is 0 Å². The van der Waals surface area contributed by atoms with Crippen molar-refractivity contribution in [2.75, 3.05) is 20.1 Å². The SMILES string of the molecule is CN(C(=O)OCc1ccccc1)C1(C(=O)O)CCN2CCCCC21. The van der Waals surface area contributed by atoms with Crippen molar-refractivity contribution in [3.63, 3.8) is 0 Å². The van der Waals surface area contributed by atoms with Crippen LogP contribution in [0.5, 0.6) is 0 Å². The van der Waals surface area contributed by atoms with Gasteiger partial charge in [0.1, 0.15) is 6.61 Å². The molecule has 0 saturated carbocycles. The summed E-state index contributed by atoms with van der Waals surface area (Å²) in [5.74, 6) is -0.934. The monoisotopic (exact) mass is 332 g/mol. The van der Waals surface area contributed by atoms with Crippen molar-refractivity contribution in [1.82, 2.24) is 9.80 Å². The van der Waals surface area contributed by atoms with Crippen molar-refractivity contribution >= 4 is 12.1 Å². The Labute approximate surface area is 142 Å². The number of aliphatic carboxylic acids is 1. The number of hydrogen-bond donors (Lipinski definition) is 1. The van der Waals surface area contributed by atoms with Crippen molar-refractivity contribution in [3.05, 3.63) is 35.9 Å². The third kappa shape index (κ3) is 2.86. The molecule has 0 bridgehead atoms. The Balaban J connectivity index is 1.73. The second-order valence-corrected chi connectivity index (χ2v) is 6.63. The largest absolute Gasteiger partial charge is 0.479 e. The zero-order valence-corrected chi connectivity index (χ0v) is 14.0. The van der Waals surface area contributed by atoms with Crippen LogP contribution in [-0.4, -0.2) is 58.7 Å². The average Bonchev–Trinajstić information content (AvgIpc) is 3.00. The molecule has 2 atom stereocenters. The summed E-state index contributed by atoms with van der Waals surface area (Å²) in [6, 6.07) is 9.27. The van der Waals surface area contributed by atoms with Gasteiger partial charge in [-0.25, -0.2) is 9.59 Å². The van der Waals surface area contributed by atoms with E-state index in [1.54, 1.807) is 7.05 Å². The van der Waals surface area contributed by atoms with E-state index < -0.39 is 17.6 Å². The number of carboxylic acid groups (broad SMARTS) is 1. The van der Waals surface area contributed by atoms with Crippen LogP contribution in [0, 0.1) is 0 Å². The molecule has 1 N–H and O–H groups in total. The van der Waals surface area contributed by atoms with Gasteiger partial charge in [-0.15, -0.1) is 0 Å². The lowest BCUT2D eigenvalue weighted by molar-refractivity contribution is -0.152. The van der Waals surface area contributed by atoms with Gasteiger partial charge in [0, 0.05) is 19.6 Å². The van der Waals surface area contributed by atoms with Gasteiger partial charge < -0.3 is 9.84 Å². The highest BCUT2D eigenvalue weighted by atomic mass is 16.6. The Morgan fingerprint density at radius 1 is 1.29 bits per heavy atom. The number of benzene rings is 1. The van der Waals surface area contributed by atoms with Gasteiger partial charge in [-0.1, -0.05) is 36.8 Å². The Bertz CT molecular complexity index is 606. The van der Waals surface area contributed by atoms with Crippen LogP contribution >= 0.6 is 0 Å². The molecule has 2 fully saturated rings. The molecule has 2 aliphatic rings. The third-order valence-electron chi connectivity index (χ3n) is 5.39. The van der Waals surface area contributed by atoms with Gasteiger partial charge in [-0.3, -0.25) is 9.80 Å². The summed E-state index contributed by atoms with van der Waals surface area (Å²) in [6.07, 6.45) is 2.78. The maximum absolute atomic E-state index is 12.5. The molecule has 2 unspecified atom stereocenters. The second kappa shape index (κ2) is 6.81. The molecule has 6 heteroatoms. The maximum Gasteiger partial charge on any atom is 0.410 e. The van der Waals surface area contributed by atoms with Crippen LogP contribution in [0.15, 0.2) is 30.3 Å². The Morgan fingerprint density at radius 3 is 2.75 bits per heavy atom. The summed E-state index contributed by atoms with van der Waals surface area (Å²) in [6.45, 7) is 1.77. The van der Waals surface area contributed by atoms with E-state index in [1.165, 1.54) is 4.90 Å². The fourth-order valence-corrected chi connectivity index (χ4v) is 4.04. The van der Waals surface area contributed by atoms with Crippen LogP contribution in [0.3, 0.4) is 0 Å². The topological polar surface area (TPSA) is 70.1 Å². The molecular weight excluding hydrogens is 308 g/mol. The summed E-state index contributed by atoms with van der Waals surface area (Å²) >= 11 is 0. The Hall–Kier alpha value is -2.08. The first kappa shape index (κ1) is 16.8. The number of fused-ring (bicyclic) bond motifs is 1. The van der Waals surface area contributed by atoms with E-state index in [0.29, 0.717) is 13.0 Å². The lowest BCUT2D eigenvalue weighted by atomic mass is 9.84. The molecule has 130 valence electrons. The predicted octanol–water partition coefficient (Wildman–Crippen LogP) is 2.34. The van der Waals surface area contributed by atoms with Gasteiger partial charge in [0.25, 0.3) is 0 Å². The zero-order valence-electron chi connectivity index (χ0n) is 14.0. The zero-order chi connectivity index (χ0) is 17.2. The van der Waals surface area contributed by atoms with Crippen LogP contribution in [0.2, 0.25) is 0 Å². The Morgan fingerprint density at radius 2 is 2.04 bits per heavy atom. The van der Waals surface area contributed by atoms with E-state index in [1.807, 2.05) is 30.3 Å². The molecule has 6 nitrogen and oxygen atoms in total. The van der Waals surface area contributed by atoms with Crippen LogP contribution in [0.1, 0.15) is 31.2 Å². The molecule has 2 saturated heterocycles. The minimum atomic E-state index is -1.19. The van der Waals surface area contributed by atoms with E-state index in [4.69, 9.17) is 4.74 Å². The number of ether oxygens (including phenoxy) is 1. The highest BCUT2D eigenvalue weighted by Crippen LogP contribution is 2.39. The minimum Gasteiger partial charge on any atom is -0.479 e. The molecule has 3 rings (SSSR count). The summed E-state index contributed by atoms with van der Waals surface area (Å²) < 4.78 is 5.36. The van der Waals surface area contributed by atoms with E-state index >= 15 is 0 Å². The minimum absolute atomic E-state index is 0.127. The van der Waals surface area contributed by atoms with Crippen LogP contribution in [0.25, 0.3) is 0 Å². The predicted molar refractivity (Wildman–Crippen MR) is 88.6 cm³/mol. The van der Waals surface area contributed by atoms with Gasteiger partial charge in [-0.05, 0) is 31.4 Å². The number of carboxylic acids is 1. The van der Waals surface area contributed by atoms with Gasteiger partial charge in [0.15, 0.2) is 5.54 Å². The molecule has 24 heavy (non-hydrogen) atoms. The van der Waals surface area contributed by atoms with Crippen LogP contribution in [0.4, 0.5) is 4.79 Å². The smallest absolute Gasteiger partial charge is 0.410 e. The fraction of sp³-hybridized carbons (Fsp3) is 0.556. The number of nitrogens with zero attached hydrogens (tertiary/aromatic N) is 2. The number of carbonyl (C=O) groups excluding carboxylic acids is 1. The highest BCUT2D eigenvalue weighted by molar-refractivity contribution is 5.86. The normalized spacial score (nSPS) is 26.6. The molecule has 1 amide bonds. The first-order valence-electron chi connectivity index (χ1n) is 8.47. The van der Waals surface area contributed by atoms with E-state index in [9.17, 15) is 14.7 Å². The first-order valence-corrected chi connectivity index (χ1v) is 8.47. The van der Waals surface area contributed by atoms with Crippen LogP contribution < -0.4 is 0 Å². The van der Waals surface area contributed by atoms with Crippen molar-refractivity contribution in [3.8, 4) is 0 Å². The number of rotatable bonds is 4. The lowest BCUT2D eigenvalue weighted by Gasteiger charge is -2.42. The first-order chi connectivity index (χ1) is 11.6. The lowest BCUT2D eigenvalue weighted by Crippen LogP contribution is -2.62. The van der Waals surface area contributed by atoms with Gasteiger partial charge in [-0.2, -0.15) is 0 Å². The molecule has 1 aromatic carbocycles. The van der Waals surface area contributed by atoms with Gasteiger partial charge >= 0.3 is 12.1 Å².